The van der Waals surface area contributed by atoms with E-state index in [2.05, 4.69) is 0 Å². The molecule has 0 aliphatic carbocycles. The van der Waals surface area contributed by atoms with Gasteiger partial charge in [0.2, 0.25) is 0 Å². The van der Waals surface area contributed by atoms with Crippen LogP contribution in [0, 0.1) is 0 Å². The number of benzene rings is 1. The Labute approximate surface area is 160 Å². The molecule has 0 radical (unpaired) electrons. The maximum absolute atomic E-state index is 12.6. The lowest BCUT2D eigenvalue weighted by molar-refractivity contribution is -0.185. The Morgan fingerprint density at radius 2 is 1.64 bits per heavy atom. The number of hydrogen-bond acceptors (Lipinski definition) is 5. The van der Waals surface area contributed by atoms with Gasteiger partial charge in [0.25, 0.3) is 5.91 Å². The third-order valence-corrected chi connectivity index (χ3v) is 4.09. The van der Waals surface area contributed by atoms with Crippen LogP contribution >= 0.6 is 0 Å². The summed E-state index contributed by atoms with van der Waals surface area (Å²) < 4.78 is 43.0. The zero-order chi connectivity index (χ0) is 21.3. The molecule has 0 saturated carbocycles. The summed E-state index contributed by atoms with van der Waals surface area (Å²) in [6, 6.07) is 4.50. The van der Waals surface area contributed by atoms with Gasteiger partial charge in [0, 0.05) is 18.7 Å². The standard InChI is InChI=1S/C18H22F3N3O4/c1-17(2,3)28-16(27)24(22)14(25)13-5-4-11-6-8-23(9-7-12(11)10-13)15(26)18(19,20)21/h4-5,10H,6-9,22H2,1-3H3. The van der Waals surface area contributed by atoms with Crippen molar-refractivity contribution in [1.82, 2.24) is 9.91 Å². The number of alkyl halides is 3. The summed E-state index contributed by atoms with van der Waals surface area (Å²) in [5, 5.41) is 0.350. The van der Waals surface area contributed by atoms with Gasteiger partial charge in [0.15, 0.2) is 0 Å². The van der Waals surface area contributed by atoms with E-state index in [-0.39, 0.29) is 31.5 Å². The number of nitrogens with two attached hydrogens (primary N) is 1. The Morgan fingerprint density at radius 1 is 1.07 bits per heavy atom. The molecule has 2 N–H and O–H groups in total. The molecule has 1 aromatic rings. The quantitative estimate of drug-likeness (QED) is 0.443. The molecule has 0 aromatic heterocycles. The summed E-state index contributed by atoms with van der Waals surface area (Å²) in [6.45, 7) is 4.68. The van der Waals surface area contributed by atoms with Crippen molar-refractivity contribution >= 4 is 17.9 Å². The molecule has 3 amide bonds. The SMILES string of the molecule is CC(C)(C)OC(=O)N(N)C(=O)c1ccc2c(c1)CCN(C(=O)C(F)(F)F)CC2. The molecule has 7 nitrogen and oxygen atoms in total. The molecular formula is C18H22F3N3O4. The molecule has 1 aliphatic rings. The molecule has 1 aromatic carbocycles. The Hall–Kier alpha value is -2.62. The van der Waals surface area contributed by atoms with Gasteiger partial charge in [-0.1, -0.05) is 6.07 Å². The zero-order valence-electron chi connectivity index (χ0n) is 15.8. The van der Waals surface area contributed by atoms with Gasteiger partial charge in [-0.25, -0.2) is 10.6 Å². The van der Waals surface area contributed by atoms with Gasteiger partial charge in [-0.3, -0.25) is 9.59 Å². The highest BCUT2D eigenvalue weighted by molar-refractivity contribution is 6.02. The van der Waals surface area contributed by atoms with Crippen molar-refractivity contribution in [2.45, 2.75) is 45.4 Å². The fraction of sp³-hybridized carbons (Fsp3) is 0.500. The first-order chi connectivity index (χ1) is 12.8. The number of carbonyl (C=O) groups is 3. The lowest BCUT2D eigenvalue weighted by Gasteiger charge is -2.23. The Bertz CT molecular complexity index is 787. The van der Waals surface area contributed by atoms with Gasteiger partial charge in [-0.05, 0) is 56.9 Å². The van der Waals surface area contributed by atoms with Crippen molar-refractivity contribution in [2.24, 2.45) is 5.84 Å². The van der Waals surface area contributed by atoms with Gasteiger partial charge in [-0.2, -0.15) is 18.2 Å². The van der Waals surface area contributed by atoms with Gasteiger partial charge in [-0.15, -0.1) is 0 Å². The average Bonchev–Trinajstić information content (AvgIpc) is 2.79. The lowest BCUT2D eigenvalue weighted by atomic mass is 10.00. The van der Waals surface area contributed by atoms with Crippen molar-refractivity contribution in [2.75, 3.05) is 13.1 Å². The minimum atomic E-state index is -4.93. The number of carbonyl (C=O) groups excluding carboxylic acids is 3. The van der Waals surface area contributed by atoms with Crippen LogP contribution in [0.15, 0.2) is 18.2 Å². The molecule has 2 rings (SSSR count). The van der Waals surface area contributed by atoms with Gasteiger partial charge >= 0.3 is 18.2 Å². The lowest BCUT2D eigenvalue weighted by Crippen LogP contribution is -2.45. The Morgan fingerprint density at radius 3 is 2.18 bits per heavy atom. The van der Waals surface area contributed by atoms with E-state index in [4.69, 9.17) is 10.6 Å². The van der Waals surface area contributed by atoms with E-state index in [1.165, 1.54) is 12.1 Å². The molecule has 0 bridgehead atoms. The van der Waals surface area contributed by atoms with Gasteiger partial charge in [0.1, 0.15) is 5.60 Å². The number of rotatable bonds is 1. The first kappa shape index (κ1) is 21.7. The van der Waals surface area contributed by atoms with Crippen molar-refractivity contribution in [1.29, 1.82) is 0 Å². The van der Waals surface area contributed by atoms with Crippen molar-refractivity contribution in [3.8, 4) is 0 Å². The monoisotopic (exact) mass is 401 g/mol. The van der Waals surface area contributed by atoms with E-state index in [1.54, 1.807) is 26.8 Å². The largest absolute Gasteiger partial charge is 0.471 e. The van der Waals surface area contributed by atoms with Crippen LogP contribution in [0.1, 0.15) is 42.3 Å². The van der Waals surface area contributed by atoms with E-state index >= 15 is 0 Å². The number of ether oxygens (including phenoxy) is 1. The topological polar surface area (TPSA) is 92.9 Å². The highest BCUT2D eigenvalue weighted by Gasteiger charge is 2.42. The number of imide groups is 1. The predicted octanol–water partition coefficient (Wildman–Crippen LogP) is 2.43. The van der Waals surface area contributed by atoms with Crippen molar-refractivity contribution in [3.63, 3.8) is 0 Å². The average molecular weight is 401 g/mol. The summed E-state index contributed by atoms with van der Waals surface area (Å²) in [4.78, 5) is 36.6. The molecule has 10 heteroatoms. The molecule has 154 valence electrons. The summed E-state index contributed by atoms with van der Waals surface area (Å²) >= 11 is 0. The highest BCUT2D eigenvalue weighted by Crippen LogP contribution is 2.23. The number of amides is 3. The summed E-state index contributed by atoms with van der Waals surface area (Å²) in [5.41, 5.74) is 0.621. The molecule has 0 unspecified atom stereocenters. The summed E-state index contributed by atoms with van der Waals surface area (Å²) in [5.74, 6) is 2.87. The number of fused-ring (bicyclic) bond motifs is 1. The summed E-state index contributed by atoms with van der Waals surface area (Å²) in [7, 11) is 0. The Kier molecular flexibility index (Phi) is 6.03. The smallest absolute Gasteiger partial charge is 0.442 e. The molecule has 1 heterocycles. The normalized spacial score (nSPS) is 14.8. The predicted molar refractivity (Wildman–Crippen MR) is 93.1 cm³/mol. The van der Waals surface area contributed by atoms with Crippen LogP contribution in [-0.4, -0.2) is 52.7 Å². The van der Waals surface area contributed by atoms with E-state index in [9.17, 15) is 27.6 Å². The molecular weight excluding hydrogens is 379 g/mol. The van der Waals surface area contributed by atoms with Crippen LogP contribution in [0.25, 0.3) is 0 Å². The molecule has 0 atom stereocenters. The highest BCUT2D eigenvalue weighted by atomic mass is 19.4. The van der Waals surface area contributed by atoms with Crippen molar-refractivity contribution in [3.05, 3.63) is 34.9 Å². The van der Waals surface area contributed by atoms with Crippen LogP contribution in [0.5, 0.6) is 0 Å². The van der Waals surface area contributed by atoms with E-state index < -0.39 is 29.7 Å². The fourth-order valence-electron chi connectivity index (χ4n) is 2.77. The van der Waals surface area contributed by atoms with Gasteiger partial charge in [0.05, 0.1) is 0 Å². The molecule has 0 fully saturated rings. The maximum Gasteiger partial charge on any atom is 0.471 e. The maximum atomic E-state index is 12.6. The van der Waals surface area contributed by atoms with Crippen LogP contribution in [0.2, 0.25) is 0 Å². The molecule has 1 aliphatic heterocycles. The van der Waals surface area contributed by atoms with Crippen LogP contribution in [-0.2, 0) is 22.4 Å². The fourth-order valence-corrected chi connectivity index (χ4v) is 2.77. The third kappa shape index (κ3) is 5.22. The number of hydrazine groups is 1. The number of halogens is 3. The van der Waals surface area contributed by atoms with Crippen LogP contribution < -0.4 is 5.84 Å². The van der Waals surface area contributed by atoms with E-state index in [0.29, 0.717) is 10.6 Å². The minimum Gasteiger partial charge on any atom is -0.442 e. The number of hydrogen-bond donors (Lipinski definition) is 1. The molecule has 0 spiro atoms. The first-order valence-electron chi connectivity index (χ1n) is 8.59. The zero-order valence-corrected chi connectivity index (χ0v) is 15.8. The van der Waals surface area contributed by atoms with Crippen LogP contribution in [0.4, 0.5) is 18.0 Å². The van der Waals surface area contributed by atoms with E-state index in [1.807, 2.05) is 0 Å². The van der Waals surface area contributed by atoms with E-state index in [0.717, 1.165) is 10.5 Å². The van der Waals surface area contributed by atoms with Crippen LogP contribution in [0.3, 0.4) is 0 Å². The molecule has 28 heavy (non-hydrogen) atoms. The Balaban J connectivity index is 2.15. The first-order valence-corrected chi connectivity index (χ1v) is 8.59. The third-order valence-electron chi connectivity index (χ3n) is 4.09. The number of nitrogens with zero attached hydrogens (tertiary/aromatic N) is 2. The summed E-state index contributed by atoms with van der Waals surface area (Å²) in [6.07, 6.45) is -5.57. The van der Waals surface area contributed by atoms with Crippen molar-refractivity contribution < 1.29 is 32.3 Å². The second-order valence-electron chi connectivity index (χ2n) is 7.43. The second kappa shape index (κ2) is 7.78. The minimum absolute atomic E-state index is 0.0699. The molecule has 0 saturated heterocycles. The van der Waals surface area contributed by atoms with Gasteiger partial charge < -0.3 is 9.64 Å². The second-order valence-corrected chi connectivity index (χ2v) is 7.43.